The Balaban J connectivity index is 2.26. The first kappa shape index (κ1) is 7.50. The maximum atomic E-state index is 4.46. The number of pyridine rings is 1. The van der Waals surface area contributed by atoms with Crippen molar-refractivity contribution in [2.75, 3.05) is 0 Å². The Kier molecular flexibility index (Phi) is 1.47. The normalized spacial score (nSPS) is 16.7. The second-order valence-electron chi connectivity index (χ2n) is 3.36. The molecule has 3 rings (SSSR count). The number of rotatable bonds is 1. The first-order valence-corrected chi connectivity index (χ1v) is 5.15. The molecule has 0 bridgehead atoms. The molecule has 0 saturated heterocycles. The van der Waals surface area contributed by atoms with Gasteiger partial charge in [0, 0.05) is 5.92 Å². The fraction of sp³-hybridized carbons (Fsp3) is 0.333. The van der Waals surface area contributed by atoms with Crippen LogP contribution in [-0.2, 0) is 0 Å². The zero-order valence-electron chi connectivity index (χ0n) is 6.94. The molecule has 1 saturated carbocycles. The lowest BCUT2D eigenvalue weighted by Crippen LogP contribution is -1.89. The Labute approximate surface area is 83.9 Å². The van der Waals surface area contributed by atoms with Crippen LogP contribution in [0.25, 0.3) is 5.65 Å². The van der Waals surface area contributed by atoms with Crippen molar-refractivity contribution in [2.24, 2.45) is 0 Å². The van der Waals surface area contributed by atoms with Gasteiger partial charge in [0.1, 0.15) is 4.60 Å². The molecule has 0 spiro atoms. The summed E-state index contributed by atoms with van der Waals surface area (Å²) in [6.45, 7) is 0. The van der Waals surface area contributed by atoms with Gasteiger partial charge in [-0.1, -0.05) is 6.07 Å². The molecule has 0 aliphatic heterocycles. The van der Waals surface area contributed by atoms with E-state index in [0.717, 1.165) is 16.1 Å². The topological polar surface area (TPSA) is 30.2 Å². The van der Waals surface area contributed by atoms with Crippen LogP contribution in [0, 0.1) is 0 Å². The molecule has 0 radical (unpaired) electrons. The number of nitrogens with zero attached hydrogens (tertiary/aromatic N) is 3. The molecule has 2 aromatic rings. The number of hydrogen-bond donors (Lipinski definition) is 0. The van der Waals surface area contributed by atoms with Crippen LogP contribution in [-0.4, -0.2) is 14.6 Å². The van der Waals surface area contributed by atoms with Crippen molar-refractivity contribution in [2.45, 2.75) is 18.8 Å². The molecule has 1 aliphatic carbocycles. The molecule has 1 aliphatic rings. The van der Waals surface area contributed by atoms with Crippen LogP contribution in [0.5, 0.6) is 0 Å². The van der Waals surface area contributed by atoms with Gasteiger partial charge in [0.05, 0.1) is 0 Å². The summed E-state index contributed by atoms with van der Waals surface area (Å²) in [6.07, 6.45) is 2.49. The molecule has 13 heavy (non-hydrogen) atoms. The molecule has 1 fully saturated rings. The second-order valence-corrected chi connectivity index (χ2v) is 4.18. The molecular weight excluding hydrogens is 230 g/mol. The van der Waals surface area contributed by atoms with Gasteiger partial charge in [0.2, 0.25) is 0 Å². The van der Waals surface area contributed by atoms with E-state index in [1.165, 1.54) is 12.8 Å². The maximum absolute atomic E-state index is 4.46. The van der Waals surface area contributed by atoms with Gasteiger partial charge in [0.15, 0.2) is 11.5 Å². The molecule has 66 valence electrons. The van der Waals surface area contributed by atoms with E-state index in [2.05, 4.69) is 26.0 Å². The quantitative estimate of drug-likeness (QED) is 0.714. The van der Waals surface area contributed by atoms with E-state index < -0.39 is 0 Å². The monoisotopic (exact) mass is 237 g/mol. The van der Waals surface area contributed by atoms with Crippen molar-refractivity contribution in [3.63, 3.8) is 0 Å². The van der Waals surface area contributed by atoms with E-state index in [1.807, 2.05) is 22.7 Å². The third-order valence-corrected chi connectivity index (χ3v) is 2.87. The lowest BCUT2D eigenvalue weighted by Gasteiger charge is -1.92. The van der Waals surface area contributed by atoms with Gasteiger partial charge >= 0.3 is 0 Å². The standard InChI is InChI=1S/C9H8BrN3/c10-7-2-1-3-8-11-9(6-4-5-6)12-13(7)8/h1-3,6H,4-5H2. The van der Waals surface area contributed by atoms with Gasteiger partial charge in [-0.25, -0.2) is 9.50 Å². The van der Waals surface area contributed by atoms with Gasteiger partial charge in [0.25, 0.3) is 0 Å². The fourth-order valence-corrected chi connectivity index (χ4v) is 1.82. The summed E-state index contributed by atoms with van der Waals surface area (Å²) in [5.74, 6) is 1.61. The molecule has 2 heterocycles. The van der Waals surface area contributed by atoms with E-state index >= 15 is 0 Å². The predicted octanol–water partition coefficient (Wildman–Crippen LogP) is 2.37. The molecule has 0 N–H and O–H groups in total. The second kappa shape index (κ2) is 2.54. The summed E-state index contributed by atoms with van der Waals surface area (Å²) >= 11 is 3.44. The van der Waals surface area contributed by atoms with Crippen molar-refractivity contribution < 1.29 is 0 Å². The third-order valence-electron chi connectivity index (χ3n) is 2.27. The molecule has 0 amide bonds. The smallest absolute Gasteiger partial charge is 0.156 e. The third kappa shape index (κ3) is 1.16. The Bertz CT molecular complexity index is 459. The first-order valence-electron chi connectivity index (χ1n) is 4.36. The minimum absolute atomic E-state index is 0.617. The lowest BCUT2D eigenvalue weighted by atomic mass is 10.4. The Morgan fingerprint density at radius 3 is 2.92 bits per heavy atom. The van der Waals surface area contributed by atoms with Gasteiger partial charge in [-0.05, 0) is 40.9 Å². The summed E-state index contributed by atoms with van der Waals surface area (Å²) in [7, 11) is 0. The Morgan fingerprint density at radius 2 is 2.23 bits per heavy atom. The first-order chi connectivity index (χ1) is 6.34. The molecule has 4 heteroatoms. The number of hydrogen-bond acceptors (Lipinski definition) is 2. The summed E-state index contributed by atoms with van der Waals surface area (Å²) in [5, 5.41) is 4.43. The number of aromatic nitrogens is 3. The van der Waals surface area contributed by atoms with E-state index in [-0.39, 0.29) is 0 Å². The van der Waals surface area contributed by atoms with Gasteiger partial charge < -0.3 is 0 Å². The van der Waals surface area contributed by atoms with Crippen LogP contribution >= 0.6 is 15.9 Å². The molecule has 2 aromatic heterocycles. The number of fused-ring (bicyclic) bond motifs is 1. The van der Waals surface area contributed by atoms with Crippen LogP contribution < -0.4 is 0 Å². The van der Waals surface area contributed by atoms with Crippen LogP contribution in [0.3, 0.4) is 0 Å². The largest absolute Gasteiger partial charge is 0.212 e. The van der Waals surface area contributed by atoms with Gasteiger partial charge in [-0.2, -0.15) is 0 Å². The average Bonchev–Trinajstić information content (AvgIpc) is 2.87. The highest BCUT2D eigenvalue weighted by molar-refractivity contribution is 9.10. The van der Waals surface area contributed by atoms with Crippen molar-refractivity contribution in [3.05, 3.63) is 28.6 Å². The number of halogens is 1. The minimum Gasteiger partial charge on any atom is -0.212 e. The Morgan fingerprint density at radius 1 is 1.38 bits per heavy atom. The molecule has 0 unspecified atom stereocenters. The van der Waals surface area contributed by atoms with Gasteiger partial charge in [-0.3, -0.25) is 0 Å². The lowest BCUT2D eigenvalue weighted by molar-refractivity contribution is 0.864. The molecule has 0 aromatic carbocycles. The maximum Gasteiger partial charge on any atom is 0.156 e. The molecular formula is C9H8BrN3. The fourth-order valence-electron chi connectivity index (χ4n) is 1.40. The van der Waals surface area contributed by atoms with Crippen molar-refractivity contribution in [3.8, 4) is 0 Å². The van der Waals surface area contributed by atoms with E-state index in [9.17, 15) is 0 Å². The van der Waals surface area contributed by atoms with Crippen LogP contribution in [0.15, 0.2) is 22.8 Å². The molecule has 3 nitrogen and oxygen atoms in total. The zero-order chi connectivity index (χ0) is 8.84. The zero-order valence-corrected chi connectivity index (χ0v) is 8.53. The SMILES string of the molecule is Brc1cccc2nc(C3CC3)nn12. The highest BCUT2D eigenvalue weighted by atomic mass is 79.9. The minimum atomic E-state index is 0.617. The van der Waals surface area contributed by atoms with Gasteiger partial charge in [-0.15, -0.1) is 5.10 Å². The predicted molar refractivity (Wildman–Crippen MR) is 52.7 cm³/mol. The Hall–Kier alpha value is -0.900. The van der Waals surface area contributed by atoms with E-state index in [1.54, 1.807) is 0 Å². The van der Waals surface area contributed by atoms with E-state index in [4.69, 9.17) is 0 Å². The summed E-state index contributed by atoms with van der Waals surface area (Å²) in [5.41, 5.74) is 0.927. The van der Waals surface area contributed by atoms with Crippen LogP contribution in [0.4, 0.5) is 0 Å². The van der Waals surface area contributed by atoms with Crippen molar-refractivity contribution in [1.82, 2.24) is 14.6 Å². The summed E-state index contributed by atoms with van der Waals surface area (Å²) in [4.78, 5) is 4.46. The van der Waals surface area contributed by atoms with Crippen LogP contribution in [0.1, 0.15) is 24.6 Å². The van der Waals surface area contributed by atoms with E-state index in [0.29, 0.717) is 5.92 Å². The average molecular weight is 238 g/mol. The van der Waals surface area contributed by atoms with Crippen molar-refractivity contribution >= 4 is 21.6 Å². The molecule has 0 atom stereocenters. The van der Waals surface area contributed by atoms with Crippen LogP contribution in [0.2, 0.25) is 0 Å². The highest BCUT2D eigenvalue weighted by Crippen LogP contribution is 2.38. The summed E-state index contributed by atoms with van der Waals surface area (Å²) < 4.78 is 2.80. The highest BCUT2D eigenvalue weighted by Gasteiger charge is 2.27. The summed E-state index contributed by atoms with van der Waals surface area (Å²) in [6, 6.07) is 5.92. The van der Waals surface area contributed by atoms with Crippen molar-refractivity contribution in [1.29, 1.82) is 0 Å².